The zero-order valence-corrected chi connectivity index (χ0v) is 21.7. The molecule has 1 aromatic carbocycles. The Morgan fingerprint density at radius 2 is 1.69 bits per heavy atom. The van der Waals surface area contributed by atoms with E-state index in [0.29, 0.717) is 24.6 Å². The highest BCUT2D eigenvalue weighted by Gasteiger charge is 2.27. The number of carbonyl (C=O) groups is 1. The molecule has 0 aliphatic carbocycles. The first kappa shape index (κ1) is 30.2. The van der Waals surface area contributed by atoms with Crippen LogP contribution < -0.4 is 16.0 Å². The van der Waals surface area contributed by atoms with E-state index in [2.05, 4.69) is 20.9 Å². The van der Waals surface area contributed by atoms with E-state index in [1.54, 1.807) is 46.0 Å². The molecule has 0 spiro atoms. The van der Waals surface area contributed by atoms with Crippen LogP contribution in [0.5, 0.6) is 0 Å². The van der Waals surface area contributed by atoms with Crippen LogP contribution in [0.3, 0.4) is 0 Å². The Balaban J connectivity index is 0.00000961. The standard InChI is InChI=1S/C21H33F3N4O3.HI/c1-19(2,3)31-18(29)28-20(4,5)13-27-17(25-6)26-11-15-8-7-9-16(10-15)12-30-14-21(22,23)24;/h7-10H,11-14H2,1-6H3,(H,28,29)(H2,25,26,27);1H. The number of alkyl carbamates (subject to hydrolysis) is 1. The highest BCUT2D eigenvalue weighted by Crippen LogP contribution is 2.16. The Morgan fingerprint density at radius 1 is 1.06 bits per heavy atom. The van der Waals surface area contributed by atoms with Crippen molar-refractivity contribution in [1.29, 1.82) is 0 Å². The molecule has 0 fully saturated rings. The fourth-order valence-electron chi connectivity index (χ4n) is 2.45. The molecule has 1 aromatic rings. The normalized spacial score (nSPS) is 12.6. The van der Waals surface area contributed by atoms with Gasteiger partial charge in [0.2, 0.25) is 0 Å². The molecule has 0 unspecified atom stereocenters. The number of benzene rings is 1. The second-order valence-electron chi connectivity index (χ2n) is 8.72. The number of nitrogens with one attached hydrogen (secondary N) is 3. The molecule has 32 heavy (non-hydrogen) atoms. The van der Waals surface area contributed by atoms with Crippen molar-refractivity contribution in [2.24, 2.45) is 4.99 Å². The molecule has 184 valence electrons. The molecule has 1 amide bonds. The van der Waals surface area contributed by atoms with Crippen molar-refractivity contribution >= 4 is 36.0 Å². The predicted octanol–water partition coefficient (Wildman–Crippen LogP) is 4.35. The number of rotatable bonds is 8. The van der Waals surface area contributed by atoms with Gasteiger partial charge in [-0.2, -0.15) is 13.2 Å². The number of amides is 1. The summed E-state index contributed by atoms with van der Waals surface area (Å²) in [5.74, 6) is 0.512. The van der Waals surface area contributed by atoms with E-state index < -0.39 is 30.0 Å². The van der Waals surface area contributed by atoms with E-state index in [4.69, 9.17) is 9.47 Å². The Hall–Kier alpha value is -1.76. The summed E-state index contributed by atoms with van der Waals surface area (Å²) < 4.78 is 46.6. The number of nitrogens with zero attached hydrogens (tertiary/aromatic N) is 1. The minimum Gasteiger partial charge on any atom is -0.444 e. The van der Waals surface area contributed by atoms with Crippen molar-refractivity contribution in [2.75, 3.05) is 20.2 Å². The minimum absolute atomic E-state index is 0. The Morgan fingerprint density at radius 3 is 2.25 bits per heavy atom. The lowest BCUT2D eigenvalue weighted by molar-refractivity contribution is -0.176. The quantitative estimate of drug-likeness (QED) is 0.244. The lowest BCUT2D eigenvalue weighted by Crippen LogP contribution is -2.54. The first-order valence-corrected chi connectivity index (χ1v) is 9.87. The lowest BCUT2D eigenvalue weighted by Gasteiger charge is -2.29. The van der Waals surface area contributed by atoms with Crippen LogP contribution in [0.25, 0.3) is 0 Å². The Kier molecular flexibility index (Phi) is 12.4. The van der Waals surface area contributed by atoms with Gasteiger partial charge in [-0.15, -0.1) is 24.0 Å². The summed E-state index contributed by atoms with van der Waals surface area (Å²) in [6.45, 7) is 8.47. The number of carbonyl (C=O) groups excluding carboxylic acids is 1. The SMILES string of the molecule is CN=C(NCc1cccc(COCC(F)(F)F)c1)NCC(C)(C)NC(=O)OC(C)(C)C.I. The van der Waals surface area contributed by atoms with E-state index in [9.17, 15) is 18.0 Å². The summed E-state index contributed by atoms with van der Waals surface area (Å²) in [6, 6.07) is 7.08. The largest absolute Gasteiger partial charge is 0.444 e. The number of guanidine groups is 1. The highest BCUT2D eigenvalue weighted by atomic mass is 127. The lowest BCUT2D eigenvalue weighted by atomic mass is 10.1. The Labute approximate surface area is 204 Å². The predicted molar refractivity (Wildman–Crippen MR) is 129 cm³/mol. The third-order valence-corrected chi connectivity index (χ3v) is 3.75. The number of ether oxygens (including phenoxy) is 2. The molecule has 11 heteroatoms. The van der Waals surface area contributed by atoms with Crippen LogP contribution in [0.4, 0.5) is 18.0 Å². The van der Waals surface area contributed by atoms with Gasteiger partial charge in [-0.05, 0) is 45.7 Å². The molecule has 1 rings (SSSR count). The maximum absolute atomic E-state index is 12.2. The molecule has 0 aliphatic rings. The van der Waals surface area contributed by atoms with Crippen LogP contribution >= 0.6 is 24.0 Å². The fraction of sp³-hybridized carbons (Fsp3) is 0.619. The van der Waals surface area contributed by atoms with Crippen molar-refractivity contribution in [3.63, 3.8) is 0 Å². The molecule has 0 atom stereocenters. The molecular formula is C21H34F3IN4O3. The third kappa shape index (κ3) is 14.3. The number of hydrogen-bond acceptors (Lipinski definition) is 4. The van der Waals surface area contributed by atoms with Crippen LogP contribution in [0.1, 0.15) is 45.7 Å². The maximum atomic E-state index is 12.2. The summed E-state index contributed by atoms with van der Waals surface area (Å²) in [5.41, 5.74) is 0.323. The molecular weight excluding hydrogens is 540 g/mol. The van der Waals surface area contributed by atoms with Crippen LogP contribution in [0.2, 0.25) is 0 Å². The zero-order valence-electron chi connectivity index (χ0n) is 19.4. The molecule has 0 heterocycles. The summed E-state index contributed by atoms with van der Waals surface area (Å²) in [4.78, 5) is 16.1. The molecule has 0 aromatic heterocycles. The van der Waals surface area contributed by atoms with E-state index in [-0.39, 0.29) is 30.6 Å². The van der Waals surface area contributed by atoms with Gasteiger partial charge in [-0.1, -0.05) is 24.3 Å². The maximum Gasteiger partial charge on any atom is 0.411 e. The van der Waals surface area contributed by atoms with Crippen molar-refractivity contribution in [3.8, 4) is 0 Å². The van der Waals surface area contributed by atoms with Gasteiger partial charge in [-0.25, -0.2) is 4.79 Å². The smallest absolute Gasteiger partial charge is 0.411 e. The highest BCUT2D eigenvalue weighted by molar-refractivity contribution is 14.0. The number of aliphatic imine (C=N–C) groups is 1. The monoisotopic (exact) mass is 574 g/mol. The third-order valence-electron chi connectivity index (χ3n) is 3.75. The van der Waals surface area contributed by atoms with E-state index in [1.165, 1.54) is 0 Å². The first-order valence-electron chi connectivity index (χ1n) is 9.87. The molecule has 0 saturated heterocycles. The van der Waals surface area contributed by atoms with Gasteiger partial charge in [0, 0.05) is 20.1 Å². The second-order valence-corrected chi connectivity index (χ2v) is 8.72. The van der Waals surface area contributed by atoms with E-state index in [0.717, 1.165) is 5.56 Å². The topological polar surface area (TPSA) is 84.0 Å². The van der Waals surface area contributed by atoms with Gasteiger partial charge < -0.3 is 25.4 Å². The number of hydrogen-bond donors (Lipinski definition) is 3. The van der Waals surface area contributed by atoms with Crippen molar-refractivity contribution in [2.45, 2.75) is 65.1 Å². The van der Waals surface area contributed by atoms with E-state index >= 15 is 0 Å². The summed E-state index contributed by atoms with van der Waals surface area (Å²) in [6.07, 6.45) is -4.85. The fourth-order valence-corrected chi connectivity index (χ4v) is 2.45. The van der Waals surface area contributed by atoms with Crippen LogP contribution in [0, 0.1) is 0 Å². The van der Waals surface area contributed by atoms with Crippen LogP contribution in [-0.4, -0.2) is 49.6 Å². The van der Waals surface area contributed by atoms with Gasteiger partial charge in [0.25, 0.3) is 0 Å². The van der Waals surface area contributed by atoms with Gasteiger partial charge in [0.05, 0.1) is 12.1 Å². The molecule has 0 saturated carbocycles. The molecule has 0 aliphatic heterocycles. The molecule has 7 nitrogen and oxygen atoms in total. The van der Waals surface area contributed by atoms with E-state index in [1.807, 2.05) is 19.9 Å². The van der Waals surface area contributed by atoms with Crippen LogP contribution in [0.15, 0.2) is 29.3 Å². The number of halogens is 4. The summed E-state index contributed by atoms with van der Waals surface area (Å²) in [5, 5.41) is 9.07. The molecule has 0 bridgehead atoms. The van der Waals surface area contributed by atoms with Gasteiger partial charge in [0.15, 0.2) is 5.96 Å². The molecule has 3 N–H and O–H groups in total. The Bertz CT molecular complexity index is 751. The van der Waals surface area contributed by atoms with Crippen LogP contribution in [-0.2, 0) is 22.6 Å². The summed E-state index contributed by atoms with van der Waals surface area (Å²) in [7, 11) is 1.62. The van der Waals surface area contributed by atoms with Gasteiger partial charge in [-0.3, -0.25) is 4.99 Å². The van der Waals surface area contributed by atoms with Crippen molar-refractivity contribution in [1.82, 2.24) is 16.0 Å². The van der Waals surface area contributed by atoms with Gasteiger partial charge >= 0.3 is 12.3 Å². The number of alkyl halides is 3. The average molecular weight is 574 g/mol. The van der Waals surface area contributed by atoms with Crippen molar-refractivity contribution < 1.29 is 27.4 Å². The zero-order chi connectivity index (χ0) is 23.7. The van der Waals surface area contributed by atoms with Crippen molar-refractivity contribution in [3.05, 3.63) is 35.4 Å². The second kappa shape index (κ2) is 13.1. The first-order chi connectivity index (χ1) is 14.2. The minimum atomic E-state index is -4.34. The summed E-state index contributed by atoms with van der Waals surface area (Å²) >= 11 is 0. The molecule has 0 radical (unpaired) electrons. The van der Waals surface area contributed by atoms with Gasteiger partial charge in [0.1, 0.15) is 12.2 Å². The average Bonchev–Trinajstić information content (AvgIpc) is 2.59.